The molecule has 4 nitrogen and oxygen atoms in total. The van der Waals surface area contributed by atoms with Crippen LogP contribution < -0.4 is 0 Å². The zero-order valence-electron chi connectivity index (χ0n) is 9.83. The van der Waals surface area contributed by atoms with Crippen molar-refractivity contribution in [3.63, 3.8) is 0 Å². The second kappa shape index (κ2) is 4.66. The van der Waals surface area contributed by atoms with Crippen molar-refractivity contribution in [2.45, 2.75) is 37.1 Å². The van der Waals surface area contributed by atoms with Gasteiger partial charge in [-0.15, -0.1) is 0 Å². The molecule has 0 aliphatic heterocycles. The number of phenols is 1. The van der Waals surface area contributed by atoms with Gasteiger partial charge in [0.05, 0.1) is 4.90 Å². The van der Waals surface area contributed by atoms with Crippen LogP contribution in [0, 0.1) is 0 Å². The third-order valence-corrected chi connectivity index (χ3v) is 4.81. The molecular weight excluding hydrogens is 238 g/mol. The molecule has 1 aliphatic rings. The number of rotatable bonds is 5. The van der Waals surface area contributed by atoms with Crippen molar-refractivity contribution in [3.05, 3.63) is 24.3 Å². The van der Waals surface area contributed by atoms with Crippen molar-refractivity contribution in [3.8, 4) is 5.75 Å². The first kappa shape index (κ1) is 12.4. The molecule has 94 valence electrons. The molecule has 1 aromatic carbocycles. The Morgan fingerprint density at radius 1 is 1.29 bits per heavy atom. The Balaban J connectivity index is 2.30. The molecular formula is C12H17NO3S. The summed E-state index contributed by atoms with van der Waals surface area (Å²) >= 11 is 0. The van der Waals surface area contributed by atoms with Crippen LogP contribution in [0.25, 0.3) is 0 Å². The monoisotopic (exact) mass is 255 g/mol. The molecule has 1 aliphatic carbocycles. The maximum atomic E-state index is 12.4. The third-order valence-electron chi connectivity index (χ3n) is 2.84. The van der Waals surface area contributed by atoms with Gasteiger partial charge in [0.15, 0.2) is 0 Å². The van der Waals surface area contributed by atoms with Gasteiger partial charge in [-0.2, -0.15) is 4.31 Å². The molecule has 0 amide bonds. The fraction of sp³-hybridized carbons (Fsp3) is 0.500. The third kappa shape index (κ3) is 2.61. The molecule has 0 spiro atoms. The molecule has 5 heteroatoms. The number of sulfonamides is 1. The van der Waals surface area contributed by atoms with Gasteiger partial charge in [0.2, 0.25) is 10.0 Å². The molecule has 0 bridgehead atoms. The second-order valence-corrected chi connectivity index (χ2v) is 6.23. The first-order chi connectivity index (χ1) is 8.05. The molecule has 0 aromatic heterocycles. The Morgan fingerprint density at radius 3 is 2.35 bits per heavy atom. The lowest BCUT2D eigenvalue weighted by Gasteiger charge is -2.21. The fourth-order valence-corrected chi connectivity index (χ4v) is 3.61. The number of phenolic OH excluding ortho intramolecular Hbond substituents is 1. The van der Waals surface area contributed by atoms with Crippen molar-refractivity contribution in [2.75, 3.05) is 6.54 Å². The average Bonchev–Trinajstić information content (AvgIpc) is 3.10. The van der Waals surface area contributed by atoms with Crippen LogP contribution in [-0.2, 0) is 10.0 Å². The van der Waals surface area contributed by atoms with Crippen LogP contribution in [0.5, 0.6) is 5.75 Å². The van der Waals surface area contributed by atoms with E-state index < -0.39 is 10.0 Å². The van der Waals surface area contributed by atoms with Crippen LogP contribution in [0.3, 0.4) is 0 Å². The number of nitrogens with zero attached hydrogens (tertiary/aromatic N) is 1. The molecule has 0 atom stereocenters. The van der Waals surface area contributed by atoms with Gasteiger partial charge in [-0.3, -0.25) is 0 Å². The highest BCUT2D eigenvalue weighted by molar-refractivity contribution is 7.89. The average molecular weight is 255 g/mol. The molecule has 1 N–H and O–H groups in total. The van der Waals surface area contributed by atoms with Gasteiger partial charge in [0, 0.05) is 12.6 Å². The van der Waals surface area contributed by atoms with Crippen molar-refractivity contribution >= 4 is 10.0 Å². The fourth-order valence-electron chi connectivity index (χ4n) is 1.84. The van der Waals surface area contributed by atoms with Crippen LogP contribution in [0.15, 0.2) is 29.2 Å². The van der Waals surface area contributed by atoms with Gasteiger partial charge >= 0.3 is 0 Å². The van der Waals surface area contributed by atoms with E-state index in [4.69, 9.17) is 0 Å². The van der Waals surface area contributed by atoms with Gasteiger partial charge in [0.25, 0.3) is 0 Å². The largest absolute Gasteiger partial charge is 0.508 e. The van der Waals surface area contributed by atoms with Crippen LogP contribution in [-0.4, -0.2) is 30.4 Å². The van der Waals surface area contributed by atoms with Gasteiger partial charge < -0.3 is 5.11 Å². The lowest BCUT2D eigenvalue weighted by atomic mass is 10.3. The Morgan fingerprint density at radius 2 is 1.88 bits per heavy atom. The molecule has 1 fully saturated rings. The highest BCUT2D eigenvalue weighted by atomic mass is 32.2. The lowest BCUT2D eigenvalue weighted by molar-refractivity contribution is 0.403. The van der Waals surface area contributed by atoms with E-state index in [0.717, 1.165) is 19.3 Å². The lowest BCUT2D eigenvalue weighted by Crippen LogP contribution is -2.33. The van der Waals surface area contributed by atoms with E-state index in [-0.39, 0.29) is 16.7 Å². The Bertz CT molecular complexity index is 477. The summed E-state index contributed by atoms with van der Waals surface area (Å²) in [6.45, 7) is 2.54. The summed E-state index contributed by atoms with van der Waals surface area (Å²) in [6.07, 6.45) is 2.72. The van der Waals surface area contributed by atoms with E-state index in [2.05, 4.69) is 0 Å². The highest BCUT2D eigenvalue weighted by Crippen LogP contribution is 2.32. The number of hydrogen-bond acceptors (Lipinski definition) is 3. The quantitative estimate of drug-likeness (QED) is 0.875. The molecule has 17 heavy (non-hydrogen) atoms. The maximum Gasteiger partial charge on any atom is 0.243 e. The van der Waals surface area contributed by atoms with Crippen molar-refractivity contribution in [2.24, 2.45) is 0 Å². The summed E-state index contributed by atoms with van der Waals surface area (Å²) < 4.78 is 26.3. The number of aromatic hydroxyl groups is 1. The predicted molar refractivity (Wildman–Crippen MR) is 65.3 cm³/mol. The van der Waals surface area contributed by atoms with Crippen molar-refractivity contribution in [1.82, 2.24) is 4.31 Å². The molecule has 1 aromatic rings. The minimum Gasteiger partial charge on any atom is -0.508 e. The summed E-state index contributed by atoms with van der Waals surface area (Å²) in [6, 6.07) is 5.90. The normalized spacial score (nSPS) is 16.4. The summed E-state index contributed by atoms with van der Waals surface area (Å²) in [5, 5.41) is 9.18. The van der Waals surface area contributed by atoms with Gasteiger partial charge in [-0.05, 0) is 43.5 Å². The van der Waals surface area contributed by atoms with Gasteiger partial charge in [-0.1, -0.05) is 6.92 Å². The van der Waals surface area contributed by atoms with E-state index in [1.807, 2.05) is 6.92 Å². The van der Waals surface area contributed by atoms with Gasteiger partial charge in [-0.25, -0.2) is 8.42 Å². The van der Waals surface area contributed by atoms with E-state index in [9.17, 15) is 13.5 Å². The van der Waals surface area contributed by atoms with Crippen LogP contribution >= 0.6 is 0 Å². The highest BCUT2D eigenvalue weighted by Gasteiger charge is 2.37. The molecule has 0 unspecified atom stereocenters. The maximum absolute atomic E-state index is 12.4. The molecule has 1 saturated carbocycles. The summed E-state index contributed by atoms with van der Waals surface area (Å²) in [7, 11) is -3.39. The first-order valence-electron chi connectivity index (χ1n) is 5.86. The Hall–Kier alpha value is -1.07. The molecule has 2 rings (SSSR count). The molecule has 0 radical (unpaired) electrons. The Labute approximate surface area is 102 Å². The van der Waals surface area contributed by atoms with Gasteiger partial charge in [0.1, 0.15) is 5.75 Å². The minimum absolute atomic E-state index is 0.0809. The SMILES string of the molecule is CCCN(C1CC1)S(=O)(=O)c1ccc(O)cc1. The van der Waals surface area contributed by atoms with Crippen LogP contribution in [0.4, 0.5) is 0 Å². The summed E-state index contributed by atoms with van der Waals surface area (Å²) in [5.41, 5.74) is 0. The Kier molecular flexibility index (Phi) is 3.40. The summed E-state index contributed by atoms with van der Waals surface area (Å²) in [5.74, 6) is 0.0809. The van der Waals surface area contributed by atoms with Crippen LogP contribution in [0.1, 0.15) is 26.2 Å². The predicted octanol–water partition coefficient (Wildman–Crippen LogP) is 1.96. The van der Waals surface area contributed by atoms with Crippen molar-refractivity contribution in [1.29, 1.82) is 0 Å². The van der Waals surface area contributed by atoms with E-state index >= 15 is 0 Å². The number of benzene rings is 1. The van der Waals surface area contributed by atoms with E-state index in [1.165, 1.54) is 24.3 Å². The van der Waals surface area contributed by atoms with Crippen molar-refractivity contribution < 1.29 is 13.5 Å². The van der Waals surface area contributed by atoms with Crippen LogP contribution in [0.2, 0.25) is 0 Å². The summed E-state index contributed by atoms with van der Waals surface area (Å²) in [4.78, 5) is 0.260. The second-order valence-electron chi connectivity index (χ2n) is 4.34. The molecule has 0 saturated heterocycles. The minimum atomic E-state index is -3.39. The van der Waals surface area contributed by atoms with E-state index in [1.54, 1.807) is 4.31 Å². The first-order valence-corrected chi connectivity index (χ1v) is 7.30. The molecule has 0 heterocycles. The topological polar surface area (TPSA) is 57.6 Å². The number of hydrogen-bond donors (Lipinski definition) is 1. The smallest absolute Gasteiger partial charge is 0.243 e. The zero-order chi connectivity index (χ0) is 12.5. The van der Waals surface area contributed by atoms with E-state index in [0.29, 0.717) is 6.54 Å². The zero-order valence-corrected chi connectivity index (χ0v) is 10.7. The standard InChI is InChI=1S/C12H17NO3S/c1-2-9-13(10-3-4-10)17(15,16)12-7-5-11(14)6-8-12/h5-8,10,14H,2-4,9H2,1H3.